The number of hydrogen-bond donors (Lipinski definition) is 2. The van der Waals surface area contributed by atoms with Gasteiger partial charge in [-0.3, -0.25) is 5.10 Å². The van der Waals surface area contributed by atoms with Gasteiger partial charge in [-0.15, -0.1) is 0 Å². The van der Waals surface area contributed by atoms with E-state index in [1.54, 1.807) is 6.07 Å². The number of nitrogens with two attached hydrogens (primary N) is 1. The Kier molecular flexibility index (Phi) is 3.84. The van der Waals surface area contributed by atoms with Gasteiger partial charge in [0, 0.05) is 12.8 Å². The van der Waals surface area contributed by atoms with Crippen molar-refractivity contribution in [1.82, 2.24) is 15.2 Å². The molecule has 4 nitrogen and oxygen atoms in total. The van der Waals surface area contributed by atoms with Gasteiger partial charge in [0.15, 0.2) is 5.82 Å². The summed E-state index contributed by atoms with van der Waals surface area (Å²) in [4.78, 5) is 4.10. The third kappa shape index (κ3) is 3.31. The normalized spacial score (nSPS) is 11.8. The predicted octanol–water partition coefficient (Wildman–Crippen LogP) is 1.92. The Hall–Kier alpha value is -1.89. The minimum atomic E-state index is -4.36. The molecule has 2 rings (SSSR count). The van der Waals surface area contributed by atoms with Crippen LogP contribution in [-0.2, 0) is 19.0 Å². The van der Waals surface area contributed by atoms with E-state index in [9.17, 15) is 13.2 Å². The van der Waals surface area contributed by atoms with E-state index in [0.717, 1.165) is 6.07 Å². The second kappa shape index (κ2) is 5.40. The minimum absolute atomic E-state index is 0.0628. The monoisotopic (exact) mass is 270 g/mol. The van der Waals surface area contributed by atoms with Crippen LogP contribution in [0.1, 0.15) is 22.8 Å². The number of benzene rings is 1. The molecule has 0 bridgehead atoms. The van der Waals surface area contributed by atoms with E-state index < -0.39 is 11.7 Å². The molecule has 19 heavy (non-hydrogen) atoms. The molecule has 0 saturated carbocycles. The minimum Gasteiger partial charge on any atom is -0.330 e. The summed E-state index contributed by atoms with van der Waals surface area (Å²) in [5.41, 5.74) is 4.89. The zero-order valence-electron chi connectivity index (χ0n) is 10.0. The molecule has 0 amide bonds. The highest BCUT2D eigenvalue weighted by molar-refractivity contribution is 5.31. The van der Waals surface area contributed by atoms with Crippen LogP contribution in [0.3, 0.4) is 0 Å². The topological polar surface area (TPSA) is 67.6 Å². The molecule has 0 spiro atoms. The fourth-order valence-corrected chi connectivity index (χ4v) is 1.79. The van der Waals surface area contributed by atoms with E-state index in [0.29, 0.717) is 24.6 Å². The lowest BCUT2D eigenvalue weighted by Gasteiger charge is -2.11. The second-order valence-electron chi connectivity index (χ2n) is 4.07. The molecule has 1 aromatic heterocycles. The number of rotatable bonds is 4. The van der Waals surface area contributed by atoms with E-state index in [1.165, 1.54) is 12.1 Å². The Morgan fingerprint density at radius 1 is 1.21 bits per heavy atom. The first-order valence-electron chi connectivity index (χ1n) is 5.76. The molecule has 1 heterocycles. The summed E-state index contributed by atoms with van der Waals surface area (Å²) in [5.74, 6) is 0.919. The molecular formula is C12H13F3N4. The molecule has 0 radical (unpaired) electrons. The van der Waals surface area contributed by atoms with Gasteiger partial charge in [0.05, 0.1) is 5.56 Å². The molecule has 2 aromatic rings. The first-order chi connectivity index (χ1) is 9.00. The third-order valence-electron chi connectivity index (χ3n) is 2.63. The van der Waals surface area contributed by atoms with Crippen molar-refractivity contribution >= 4 is 0 Å². The molecule has 0 atom stereocenters. The van der Waals surface area contributed by atoms with Crippen LogP contribution >= 0.6 is 0 Å². The van der Waals surface area contributed by atoms with Gasteiger partial charge in [-0.05, 0) is 18.2 Å². The van der Waals surface area contributed by atoms with E-state index in [2.05, 4.69) is 15.2 Å². The number of H-pyrrole nitrogens is 1. The largest absolute Gasteiger partial charge is 0.416 e. The van der Waals surface area contributed by atoms with Crippen LogP contribution < -0.4 is 5.73 Å². The highest BCUT2D eigenvalue weighted by atomic mass is 19.4. The van der Waals surface area contributed by atoms with E-state index in [4.69, 9.17) is 5.73 Å². The van der Waals surface area contributed by atoms with Crippen molar-refractivity contribution < 1.29 is 13.2 Å². The Morgan fingerprint density at radius 2 is 1.95 bits per heavy atom. The molecule has 0 aliphatic rings. The summed E-state index contributed by atoms with van der Waals surface area (Å²) in [6.45, 7) is 0.399. The molecule has 3 N–H and O–H groups in total. The van der Waals surface area contributed by atoms with Gasteiger partial charge in [-0.2, -0.15) is 18.3 Å². The number of halogens is 3. The number of aromatic amines is 1. The maximum atomic E-state index is 12.8. The van der Waals surface area contributed by atoms with E-state index >= 15 is 0 Å². The van der Waals surface area contributed by atoms with Gasteiger partial charge < -0.3 is 5.73 Å². The molecule has 0 aliphatic heterocycles. The molecular weight excluding hydrogens is 257 g/mol. The van der Waals surface area contributed by atoms with Crippen molar-refractivity contribution in [2.45, 2.75) is 19.0 Å². The van der Waals surface area contributed by atoms with Crippen LogP contribution in [0.5, 0.6) is 0 Å². The summed E-state index contributed by atoms with van der Waals surface area (Å²) < 4.78 is 38.4. The van der Waals surface area contributed by atoms with Gasteiger partial charge >= 0.3 is 6.18 Å². The van der Waals surface area contributed by atoms with Crippen LogP contribution in [0, 0.1) is 0 Å². The van der Waals surface area contributed by atoms with Crippen molar-refractivity contribution in [3.8, 4) is 0 Å². The lowest BCUT2D eigenvalue weighted by molar-refractivity contribution is -0.138. The molecule has 102 valence electrons. The first-order valence-corrected chi connectivity index (χ1v) is 5.76. The molecule has 7 heteroatoms. The Bertz CT molecular complexity index is 548. The quantitative estimate of drug-likeness (QED) is 0.891. The highest BCUT2D eigenvalue weighted by Crippen LogP contribution is 2.32. The van der Waals surface area contributed by atoms with Crippen molar-refractivity contribution in [3.05, 3.63) is 47.0 Å². The highest BCUT2D eigenvalue weighted by Gasteiger charge is 2.32. The lowest BCUT2D eigenvalue weighted by atomic mass is 10.0. The van der Waals surface area contributed by atoms with Gasteiger partial charge in [0.25, 0.3) is 0 Å². The number of nitrogens with one attached hydrogen (secondary N) is 1. The maximum absolute atomic E-state index is 12.8. The molecule has 0 saturated heterocycles. The summed E-state index contributed by atoms with van der Waals surface area (Å²) in [7, 11) is 0. The van der Waals surface area contributed by atoms with Gasteiger partial charge in [0.1, 0.15) is 5.82 Å². The van der Waals surface area contributed by atoms with Crippen molar-refractivity contribution in [3.63, 3.8) is 0 Å². The Morgan fingerprint density at radius 3 is 2.63 bits per heavy atom. The molecule has 0 aliphatic carbocycles. The Labute approximate surface area is 107 Å². The number of nitrogens with zero attached hydrogens (tertiary/aromatic N) is 2. The van der Waals surface area contributed by atoms with Crippen LogP contribution in [-0.4, -0.2) is 21.7 Å². The molecule has 1 aromatic carbocycles. The lowest BCUT2D eigenvalue weighted by Crippen LogP contribution is -2.09. The van der Waals surface area contributed by atoms with Crippen LogP contribution in [0.15, 0.2) is 24.3 Å². The Balaban J connectivity index is 2.23. The summed E-state index contributed by atoms with van der Waals surface area (Å²) in [6, 6.07) is 5.44. The van der Waals surface area contributed by atoms with Crippen molar-refractivity contribution in [2.24, 2.45) is 5.73 Å². The summed E-state index contributed by atoms with van der Waals surface area (Å²) in [6.07, 6.45) is -3.80. The maximum Gasteiger partial charge on any atom is 0.416 e. The SMILES string of the molecule is NCCc1n[nH]c(Cc2ccccc2C(F)(F)F)n1. The van der Waals surface area contributed by atoms with E-state index in [-0.39, 0.29) is 12.0 Å². The predicted molar refractivity (Wildman–Crippen MR) is 63.4 cm³/mol. The third-order valence-corrected chi connectivity index (χ3v) is 2.63. The van der Waals surface area contributed by atoms with Crippen molar-refractivity contribution in [2.75, 3.05) is 6.54 Å². The zero-order chi connectivity index (χ0) is 13.9. The zero-order valence-corrected chi connectivity index (χ0v) is 10.0. The van der Waals surface area contributed by atoms with Crippen LogP contribution in [0.25, 0.3) is 0 Å². The van der Waals surface area contributed by atoms with Gasteiger partial charge in [0.2, 0.25) is 0 Å². The molecule has 0 fully saturated rings. The van der Waals surface area contributed by atoms with Gasteiger partial charge in [-0.1, -0.05) is 18.2 Å². The summed E-state index contributed by atoms with van der Waals surface area (Å²) in [5, 5.41) is 6.53. The van der Waals surface area contributed by atoms with Gasteiger partial charge in [-0.25, -0.2) is 4.98 Å². The molecule has 0 unspecified atom stereocenters. The fourth-order valence-electron chi connectivity index (χ4n) is 1.79. The smallest absolute Gasteiger partial charge is 0.330 e. The fraction of sp³-hybridized carbons (Fsp3) is 0.333. The van der Waals surface area contributed by atoms with Crippen molar-refractivity contribution in [1.29, 1.82) is 0 Å². The number of aromatic nitrogens is 3. The first kappa shape index (κ1) is 13.5. The number of alkyl halides is 3. The second-order valence-corrected chi connectivity index (χ2v) is 4.07. The average molecular weight is 270 g/mol. The standard InChI is InChI=1S/C12H13F3N4/c13-12(14,15)9-4-2-1-3-8(9)7-11-17-10(5-6-16)18-19-11/h1-4H,5-7,16H2,(H,17,18,19). The van der Waals surface area contributed by atoms with Crippen LogP contribution in [0.4, 0.5) is 13.2 Å². The number of hydrogen-bond acceptors (Lipinski definition) is 3. The van der Waals surface area contributed by atoms with Crippen LogP contribution in [0.2, 0.25) is 0 Å². The summed E-state index contributed by atoms with van der Waals surface area (Å²) >= 11 is 0. The van der Waals surface area contributed by atoms with E-state index in [1.807, 2.05) is 0 Å². The average Bonchev–Trinajstić information content (AvgIpc) is 2.76.